The predicted octanol–water partition coefficient (Wildman–Crippen LogP) is 1.76. The van der Waals surface area contributed by atoms with Gasteiger partial charge in [0.15, 0.2) is 0 Å². The quantitative estimate of drug-likeness (QED) is 0.906. The van der Waals surface area contributed by atoms with E-state index < -0.39 is 0 Å². The lowest BCUT2D eigenvalue weighted by Crippen LogP contribution is -1.98. The third-order valence-corrected chi connectivity index (χ3v) is 3.46. The standard InChI is InChI=1S/C11H13ClN4O/c1-15-9(4-5-13-15)10-8(6-17)11(12)16(14-10)7-2-3-7/h4-5,7,17H,2-3,6H2,1H3. The average molecular weight is 253 g/mol. The molecule has 5 nitrogen and oxygen atoms in total. The molecule has 0 saturated heterocycles. The van der Waals surface area contributed by atoms with E-state index in [1.807, 2.05) is 17.8 Å². The van der Waals surface area contributed by atoms with Crippen molar-refractivity contribution in [2.45, 2.75) is 25.5 Å². The van der Waals surface area contributed by atoms with Crippen LogP contribution in [0.1, 0.15) is 24.4 Å². The highest BCUT2D eigenvalue weighted by atomic mass is 35.5. The van der Waals surface area contributed by atoms with Crippen molar-refractivity contribution in [3.8, 4) is 11.4 Å². The van der Waals surface area contributed by atoms with Gasteiger partial charge in [-0.15, -0.1) is 0 Å². The summed E-state index contributed by atoms with van der Waals surface area (Å²) >= 11 is 6.24. The maximum atomic E-state index is 9.44. The molecule has 1 N–H and O–H groups in total. The van der Waals surface area contributed by atoms with Gasteiger partial charge in [0.2, 0.25) is 0 Å². The molecule has 1 aliphatic carbocycles. The zero-order chi connectivity index (χ0) is 12.0. The molecule has 2 heterocycles. The van der Waals surface area contributed by atoms with Crippen LogP contribution in [0.25, 0.3) is 11.4 Å². The summed E-state index contributed by atoms with van der Waals surface area (Å²) < 4.78 is 3.55. The van der Waals surface area contributed by atoms with E-state index in [9.17, 15) is 5.11 Å². The van der Waals surface area contributed by atoms with E-state index in [0.29, 0.717) is 16.8 Å². The van der Waals surface area contributed by atoms with Gasteiger partial charge in [-0.2, -0.15) is 10.2 Å². The minimum atomic E-state index is -0.105. The third-order valence-electron chi connectivity index (χ3n) is 3.06. The number of hydrogen-bond donors (Lipinski definition) is 1. The molecular weight excluding hydrogens is 240 g/mol. The second kappa shape index (κ2) is 3.85. The normalized spacial score (nSPS) is 15.5. The summed E-state index contributed by atoms with van der Waals surface area (Å²) in [6.07, 6.45) is 3.93. The van der Waals surface area contributed by atoms with Gasteiger partial charge < -0.3 is 5.11 Å². The largest absolute Gasteiger partial charge is 0.391 e. The molecule has 0 unspecified atom stereocenters. The van der Waals surface area contributed by atoms with E-state index in [1.54, 1.807) is 10.9 Å². The van der Waals surface area contributed by atoms with Crippen molar-refractivity contribution in [2.24, 2.45) is 7.05 Å². The van der Waals surface area contributed by atoms with E-state index >= 15 is 0 Å². The highest BCUT2D eigenvalue weighted by Crippen LogP contribution is 2.40. The first-order chi connectivity index (χ1) is 8.22. The number of halogens is 1. The molecule has 1 aliphatic rings. The second-order valence-corrected chi connectivity index (χ2v) is 4.65. The number of aliphatic hydroxyl groups excluding tert-OH is 1. The Morgan fingerprint density at radius 3 is 2.82 bits per heavy atom. The Hall–Kier alpha value is -1.33. The van der Waals surface area contributed by atoms with Gasteiger partial charge in [0, 0.05) is 18.8 Å². The summed E-state index contributed by atoms with van der Waals surface area (Å²) in [6, 6.07) is 2.27. The first-order valence-corrected chi connectivity index (χ1v) is 5.96. The molecule has 3 rings (SSSR count). The van der Waals surface area contributed by atoms with Crippen molar-refractivity contribution in [2.75, 3.05) is 0 Å². The van der Waals surface area contributed by atoms with Crippen molar-refractivity contribution in [1.82, 2.24) is 19.6 Å². The lowest BCUT2D eigenvalue weighted by Gasteiger charge is -1.99. The van der Waals surface area contributed by atoms with Gasteiger partial charge in [0.25, 0.3) is 0 Å². The Bertz CT molecular complexity index is 556. The van der Waals surface area contributed by atoms with Gasteiger partial charge in [-0.05, 0) is 18.9 Å². The second-order valence-electron chi connectivity index (χ2n) is 4.29. The Kier molecular flexibility index (Phi) is 2.45. The van der Waals surface area contributed by atoms with E-state index in [-0.39, 0.29) is 6.61 Å². The van der Waals surface area contributed by atoms with Crippen LogP contribution in [0.5, 0.6) is 0 Å². The summed E-state index contributed by atoms with van der Waals surface area (Å²) in [6.45, 7) is -0.105. The molecular formula is C11H13ClN4O. The highest BCUT2D eigenvalue weighted by molar-refractivity contribution is 6.30. The Morgan fingerprint density at radius 1 is 1.53 bits per heavy atom. The molecule has 0 bridgehead atoms. The minimum absolute atomic E-state index is 0.105. The van der Waals surface area contributed by atoms with E-state index in [4.69, 9.17) is 11.6 Å². The van der Waals surface area contributed by atoms with E-state index in [2.05, 4.69) is 10.2 Å². The van der Waals surface area contributed by atoms with Crippen LogP contribution in [-0.4, -0.2) is 24.7 Å². The first-order valence-electron chi connectivity index (χ1n) is 5.58. The summed E-state index contributed by atoms with van der Waals surface area (Å²) in [5, 5.41) is 18.6. The fourth-order valence-corrected chi connectivity index (χ4v) is 2.29. The van der Waals surface area contributed by atoms with Crippen molar-refractivity contribution in [3.05, 3.63) is 23.0 Å². The number of rotatable bonds is 3. The van der Waals surface area contributed by atoms with Crippen LogP contribution in [0.2, 0.25) is 5.15 Å². The van der Waals surface area contributed by atoms with Gasteiger partial charge in [0.1, 0.15) is 10.8 Å². The summed E-state index contributed by atoms with van der Waals surface area (Å²) in [4.78, 5) is 0. The molecule has 90 valence electrons. The van der Waals surface area contributed by atoms with Gasteiger partial charge in [-0.1, -0.05) is 11.6 Å². The molecule has 0 radical (unpaired) electrons. The van der Waals surface area contributed by atoms with Crippen LogP contribution >= 0.6 is 11.6 Å². The van der Waals surface area contributed by atoms with E-state index in [0.717, 1.165) is 24.2 Å². The molecule has 17 heavy (non-hydrogen) atoms. The molecule has 0 spiro atoms. The van der Waals surface area contributed by atoms with Crippen LogP contribution in [0, 0.1) is 0 Å². The van der Waals surface area contributed by atoms with Crippen molar-refractivity contribution in [3.63, 3.8) is 0 Å². The smallest absolute Gasteiger partial charge is 0.133 e. The molecule has 2 aromatic rings. The van der Waals surface area contributed by atoms with Gasteiger partial charge >= 0.3 is 0 Å². The summed E-state index contributed by atoms with van der Waals surface area (Å²) in [7, 11) is 1.85. The lowest BCUT2D eigenvalue weighted by molar-refractivity contribution is 0.282. The molecule has 0 aromatic carbocycles. The van der Waals surface area contributed by atoms with Crippen LogP contribution in [-0.2, 0) is 13.7 Å². The Balaban J connectivity index is 2.15. The average Bonchev–Trinajstić information content (AvgIpc) is 2.98. The molecule has 0 aliphatic heterocycles. The maximum absolute atomic E-state index is 9.44. The van der Waals surface area contributed by atoms with Crippen molar-refractivity contribution >= 4 is 11.6 Å². The van der Waals surface area contributed by atoms with Crippen LogP contribution < -0.4 is 0 Å². The fraction of sp³-hybridized carbons (Fsp3) is 0.455. The zero-order valence-electron chi connectivity index (χ0n) is 9.47. The topological polar surface area (TPSA) is 55.9 Å². The lowest BCUT2D eigenvalue weighted by atomic mass is 10.2. The van der Waals surface area contributed by atoms with Gasteiger partial charge in [-0.25, -0.2) is 4.68 Å². The van der Waals surface area contributed by atoms with Crippen LogP contribution in [0.3, 0.4) is 0 Å². The minimum Gasteiger partial charge on any atom is -0.391 e. The molecule has 0 amide bonds. The van der Waals surface area contributed by atoms with Gasteiger partial charge in [-0.3, -0.25) is 4.68 Å². The van der Waals surface area contributed by atoms with Crippen molar-refractivity contribution in [1.29, 1.82) is 0 Å². The molecule has 2 aromatic heterocycles. The number of nitrogens with zero attached hydrogens (tertiary/aromatic N) is 4. The monoisotopic (exact) mass is 252 g/mol. The first kappa shape index (κ1) is 10.8. The van der Waals surface area contributed by atoms with Crippen molar-refractivity contribution < 1.29 is 5.11 Å². The summed E-state index contributed by atoms with van der Waals surface area (Å²) in [5.74, 6) is 0. The number of aliphatic hydroxyl groups is 1. The molecule has 0 atom stereocenters. The number of hydrogen-bond acceptors (Lipinski definition) is 3. The summed E-state index contributed by atoms with van der Waals surface area (Å²) in [5.41, 5.74) is 2.28. The number of aromatic nitrogens is 4. The molecule has 1 saturated carbocycles. The molecule has 6 heteroatoms. The zero-order valence-corrected chi connectivity index (χ0v) is 10.2. The highest BCUT2D eigenvalue weighted by Gasteiger charge is 2.30. The van der Waals surface area contributed by atoms with Crippen LogP contribution in [0.4, 0.5) is 0 Å². The number of aryl methyl sites for hydroxylation is 1. The Labute approximate surface area is 104 Å². The molecule has 1 fully saturated rings. The fourth-order valence-electron chi connectivity index (χ4n) is 1.96. The SMILES string of the molecule is Cn1nccc1-c1nn(C2CC2)c(Cl)c1CO. The van der Waals surface area contributed by atoms with Gasteiger partial charge in [0.05, 0.1) is 18.3 Å². The maximum Gasteiger partial charge on any atom is 0.133 e. The third kappa shape index (κ3) is 1.66. The predicted molar refractivity (Wildman–Crippen MR) is 63.6 cm³/mol. The Morgan fingerprint density at radius 2 is 2.29 bits per heavy atom. The van der Waals surface area contributed by atoms with E-state index in [1.165, 1.54) is 0 Å². The van der Waals surface area contributed by atoms with Crippen LogP contribution in [0.15, 0.2) is 12.3 Å².